The Kier molecular flexibility index (Phi) is 4.70. The third-order valence-electron chi connectivity index (χ3n) is 3.29. The maximum Gasteiger partial charge on any atom is 0.275 e. The molecule has 0 atom stereocenters. The van der Waals surface area contributed by atoms with Crippen LogP contribution in [0.2, 0.25) is 0 Å². The van der Waals surface area contributed by atoms with Crippen LogP contribution in [0.3, 0.4) is 0 Å². The molecule has 0 aliphatic carbocycles. The molecular formula is C17H12F2N4O3. The Balaban J connectivity index is 1.78. The standard InChI is InChI=1S/C17H12F2N4O3/c1-9-8-14(23-26-9)21-16(24)12-6-3-7-13(20-12)17(25)22-15-10(18)4-2-5-11(15)19/h2-8H,1H3,(H,22,25)(H,21,23,24). The first kappa shape index (κ1) is 17.2. The molecule has 7 nitrogen and oxygen atoms in total. The number of aryl methyl sites for hydroxylation is 1. The highest BCUT2D eigenvalue weighted by Crippen LogP contribution is 2.18. The van der Waals surface area contributed by atoms with E-state index in [1.165, 1.54) is 30.3 Å². The number of anilines is 2. The van der Waals surface area contributed by atoms with E-state index in [-0.39, 0.29) is 17.2 Å². The molecular weight excluding hydrogens is 346 g/mol. The van der Waals surface area contributed by atoms with Gasteiger partial charge >= 0.3 is 0 Å². The molecule has 0 bridgehead atoms. The van der Waals surface area contributed by atoms with E-state index in [1.807, 2.05) is 0 Å². The zero-order valence-electron chi connectivity index (χ0n) is 13.4. The molecule has 0 saturated heterocycles. The fourth-order valence-electron chi connectivity index (χ4n) is 2.09. The summed E-state index contributed by atoms with van der Waals surface area (Å²) in [4.78, 5) is 28.3. The Morgan fingerprint density at radius 2 is 1.54 bits per heavy atom. The number of aromatic nitrogens is 2. The minimum atomic E-state index is -0.923. The first-order chi connectivity index (χ1) is 12.4. The molecule has 0 fully saturated rings. The Labute approximate surface area is 146 Å². The zero-order chi connectivity index (χ0) is 18.7. The molecule has 26 heavy (non-hydrogen) atoms. The molecule has 3 rings (SSSR count). The number of pyridine rings is 1. The van der Waals surface area contributed by atoms with Gasteiger partial charge in [-0.1, -0.05) is 17.3 Å². The van der Waals surface area contributed by atoms with Crippen LogP contribution in [0.4, 0.5) is 20.3 Å². The third kappa shape index (κ3) is 3.72. The summed E-state index contributed by atoms with van der Waals surface area (Å²) in [5.74, 6) is -2.63. The van der Waals surface area contributed by atoms with E-state index in [9.17, 15) is 18.4 Å². The van der Waals surface area contributed by atoms with E-state index in [4.69, 9.17) is 4.52 Å². The van der Waals surface area contributed by atoms with Gasteiger partial charge in [-0.15, -0.1) is 0 Å². The van der Waals surface area contributed by atoms with Gasteiger partial charge in [-0.25, -0.2) is 13.8 Å². The van der Waals surface area contributed by atoms with Crippen molar-refractivity contribution < 1.29 is 22.9 Å². The van der Waals surface area contributed by atoms with Crippen molar-refractivity contribution in [2.24, 2.45) is 0 Å². The highest BCUT2D eigenvalue weighted by molar-refractivity contribution is 6.06. The number of benzene rings is 1. The van der Waals surface area contributed by atoms with Crippen LogP contribution in [0, 0.1) is 18.6 Å². The van der Waals surface area contributed by atoms with Gasteiger partial charge in [0.1, 0.15) is 34.5 Å². The summed E-state index contributed by atoms with van der Waals surface area (Å²) in [5, 5.41) is 8.18. The summed E-state index contributed by atoms with van der Waals surface area (Å²) in [6, 6.07) is 8.81. The number of hydrogen-bond donors (Lipinski definition) is 2. The second-order valence-corrected chi connectivity index (χ2v) is 5.24. The van der Waals surface area contributed by atoms with E-state index in [0.717, 1.165) is 12.1 Å². The molecule has 0 spiro atoms. The van der Waals surface area contributed by atoms with Gasteiger partial charge in [-0.3, -0.25) is 9.59 Å². The van der Waals surface area contributed by atoms with Crippen LogP contribution in [-0.2, 0) is 0 Å². The number of para-hydroxylation sites is 1. The van der Waals surface area contributed by atoms with Gasteiger partial charge in [0.05, 0.1) is 0 Å². The van der Waals surface area contributed by atoms with Crippen molar-refractivity contribution in [2.45, 2.75) is 6.92 Å². The van der Waals surface area contributed by atoms with Crippen molar-refractivity contribution in [2.75, 3.05) is 10.6 Å². The maximum atomic E-state index is 13.6. The molecule has 0 saturated carbocycles. The highest BCUT2D eigenvalue weighted by Gasteiger charge is 2.17. The number of nitrogens with one attached hydrogen (secondary N) is 2. The second kappa shape index (κ2) is 7.09. The monoisotopic (exact) mass is 358 g/mol. The molecule has 0 aliphatic rings. The Morgan fingerprint density at radius 1 is 0.962 bits per heavy atom. The van der Waals surface area contributed by atoms with Gasteiger partial charge in [0.15, 0.2) is 5.82 Å². The fraction of sp³-hybridized carbons (Fsp3) is 0.0588. The highest BCUT2D eigenvalue weighted by atomic mass is 19.1. The van der Waals surface area contributed by atoms with E-state index in [2.05, 4.69) is 20.8 Å². The third-order valence-corrected chi connectivity index (χ3v) is 3.29. The summed E-state index contributed by atoms with van der Waals surface area (Å²) >= 11 is 0. The molecule has 0 unspecified atom stereocenters. The molecule has 3 aromatic rings. The predicted molar refractivity (Wildman–Crippen MR) is 87.7 cm³/mol. The number of carbonyl (C=O) groups excluding carboxylic acids is 2. The summed E-state index contributed by atoms with van der Waals surface area (Å²) in [6.07, 6.45) is 0. The summed E-state index contributed by atoms with van der Waals surface area (Å²) < 4.78 is 32.1. The van der Waals surface area contributed by atoms with Crippen LogP contribution in [-0.4, -0.2) is 22.0 Å². The van der Waals surface area contributed by atoms with Gasteiger partial charge < -0.3 is 15.2 Å². The second-order valence-electron chi connectivity index (χ2n) is 5.24. The van der Waals surface area contributed by atoms with Crippen molar-refractivity contribution in [3.05, 3.63) is 71.2 Å². The molecule has 2 aromatic heterocycles. The lowest BCUT2D eigenvalue weighted by Gasteiger charge is -2.08. The lowest BCUT2D eigenvalue weighted by Crippen LogP contribution is -2.19. The maximum absolute atomic E-state index is 13.6. The molecule has 0 radical (unpaired) electrons. The smallest absolute Gasteiger partial charge is 0.275 e. The van der Waals surface area contributed by atoms with Crippen LogP contribution < -0.4 is 10.6 Å². The molecule has 9 heteroatoms. The van der Waals surface area contributed by atoms with Gasteiger partial charge in [0.2, 0.25) is 0 Å². The van der Waals surface area contributed by atoms with Crippen LogP contribution in [0.25, 0.3) is 0 Å². The summed E-state index contributed by atoms with van der Waals surface area (Å²) in [7, 11) is 0. The van der Waals surface area contributed by atoms with E-state index >= 15 is 0 Å². The van der Waals surface area contributed by atoms with Gasteiger partial charge in [-0.05, 0) is 31.2 Å². The molecule has 2 amide bonds. The molecule has 2 N–H and O–H groups in total. The lowest BCUT2D eigenvalue weighted by molar-refractivity contribution is 0.101. The number of rotatable bonds is 4. The average Bonchev–Trinajstić information content (AvgIpc) is 3.03. The SMILES string of the molecule is Cc1cc(NC(=O)c2cccc(C(=O)Nc3c(F)cccc3F)n2)no1. The van der Waals surface area contributed by atoms with Crippen LogP contribution in [0.5, 0.6) is 0 Å². The minimum Gasteiger partial charge on any atom is -0.360 e. The Hall–Kier alpha value is -3.62. The Morgan fingerprint density at radius 3 is 2.12 bits per heavy atom. The van der Waals surface area contributed by atoms with Crippen molar-refractivity contribution in [3.8, 4) is 0 Å². The van der Waals surface area contributed by atoms with Gasteiger partial charge in [0, 0.05) is 6.07 Å². The number of amides is 2. The van der Waals surface area contributed by atoms with E-state index in [1.54, 1.807) is 6.92 Å². The van der Waals surface area contributed by atoms with Crippen LogP contribution in [0.15, 0.2) is 47.0 Å². The summed E-state index contributed by atoms with van der Waals surface area (Å²) in [5.41, 5.74) is -0.851. The zero-order valence-corrected chi connectivity index (χ0v) is 13.4. The van der Waals surface area contributed by atoms with E-state index < -0.39 is 29.1 Å². The number of carbonyl (C=O) groups is 2. The predicted octanol–water partition coefficient (Wildman–Crippen LogP) is 3.16. The topological polar surface area (TPSA) is 97.1 Å². The van der Waals surface area contributed by atoms with Crippen molar-refractivity contribution in [3.63, 3.8) is 0 Å². The number of nitrogens with zero attached hydrogens (tertiary/aromatic N) is 2. The minimum absolute atomic E-state index is 0.0766. The van der Waals surface area contributed by atoms with Crippen LogP contribution >= 0.6 is 0 Å². The largest absolute Gasteiger partial charge is 0.360 e. The van der Waals surface area contributed by atoms with Crippen molar-refractivity contribution in [1.82, 2.24) is 10.1 Å². The van der Waals surface area contributed by atoms with E-state index in [0.29, 0.717) is 5.76 Å². The van der Waals surface area contributed by atoms with Gasteiger partial charge in [0.25, 0.3) is 11.8 Å². The van der Waals surface area contributed by atoms with Gasteiger partial charge in [-0.2, -0.15) is 0 Å². The van der Waals surface area contributed by atoms with Crippen LogP contribution in [0.1, 0.15) is 26.7 Å². The molecule has 2 heterocycles. The average molecular weight is 358 g/mol. The quantitative estimate of drug-likeness (QED) is 0.747. The normalized spacial score (nSPS) is 10.4. The molecule has 0 aliphatic heterocycles. The summed E-state index contributed by atoms with van der Waals surface area (Å²) in [6.45, 7) is 1.66. The van der Waals surface area contributed by atoms with Crippen molar-refractivity contribution in [1.29, 1.82) is 0 Å². The number of hydrogen-bond acceptors (Lipinski definition) is 5. The first-order valence-corrected chi connectivity index (χ1v) is 7.41. The molecule has 1 aromatic carbocycles. The van der Waals surface area contributed by atoms with Crippen molar-refractivity contribution >= 4 is 23.3 Å². The lowest BCUT2D eigenvalue weighted by atomic mass is 10.2. The fourth-order valence-corrected chi connectivity index (χ4v) is 2.09. The molecule has 132 valence electrons. The first-order valence-electron chi connectivity index (χ1n) is 7.41. The number of halogens is 2. The Bertz CT molecular complexity index is 967.